The molecule has 0 aromatic heterocycles. The number of nitrogens with zero attached hydrogens (tertiary/aromatic N) is 2. The molecule has 0 radical (unpaired) electrons. The Morgan fingerprint density at radius 3 is 1.24 bits per heavy atom. The van der Waals surface area contributed by atoms with Crippen LogP contribution in [0.3, 0.4) is 0 Å². The summed E-state index contributed by atoms with van der Waals surface area (Å²) in [4.78, 5) is 0. The predicted octanol–water partition coefficient (Wildman–Crippen LogP) is 4.44. The normalized spacial score (nSPS) is 9.05. The maximum absolute atomic E-state index is 8.19. The number of allylic oxidation sites excluding steroid dienone is 2. The maximum atomic E-state index is 8.19. The zero-order valence-corrected chi connectivity index (χ0v) is 12.3. The molecule has 2 aromatic rings. The number of benzene rings is 2. The van der Waals surface area contributed by atoms with Crippen LogP contribution in [0.4, 0.5) is 0 Å². The molecule has 2 nitrogen and oxygen atoms in total. The van der Waals surface area contributed by atoms with Crippen LogP contribution in [-0.2, 0) is 16.5 Å². The average molecular weight is 317 g/mol. The summed E-state index contributed by atoms with van der Waals surface area (Å²) < 4.78 is 0. The van der Waals surface area contributed by atoms with E-state index >= 15 is 0 Å². The molecule has 21 heavy (non-hydrogen) atoms. The maximum Gasteiger partial charge on any atom is 0.0912 e. The first-order valence-electron chi connectivity index (χ1n) is 6.09. The molecule has 3 heteroatoms. The van der Waals surface area contributed by atoms with Crippen LogP contribution >= 0.6 is 0 Å². The van der Waals surface area contributed by atoms with Gasteiger partial charge in [-0.05, 0) is 23.3 Å². The van der Waals surface area contributed by atoms with Crippen molar-refractivity contribution in [1.82, 2.24) is 0 Å². The molecular weight excluding hydrogens is 303 g/mol. The van der Waals surface area contributed by atoms with Gasteiger partial charge in [0, 0.05) is 28.6 Å². The second kappa shape index (κ2) is 12.4. The predicted molar refractivity (Wildman–Crippen MR) is 82.2 cm³/mol. The second-order valence-corrected chi connectivity index (χ2v) is 3.75. The molecule has 0 aliphatic heterocycles. The molecule has 2 rings (SSSR count). The van der Waals surface area contributed by atoms with Crippen LogP contribution in [0, 0.1) is 22.7 Å². The summed E-state index contributed by atoms with van der Waals surface area (Å²) in [7, 11) is 0. The van der Waals surface area contributed by atoms with Crippen LogP contribution in [0.5, 0.6) is 0 Å². The molecule has 0 N–H and O–H groups in total. The zero-order chi connectivity index (χ0) is 14.5. The number of nitriles is 2. The van der Waals surface area contributed by atoms with E-state index < -0.39 is 0 Å². The second-order valence-electron chi connectivity index (χ2n) is 3.75. The number of hydrogen-bond donors (Lipinski definition) is 0. The van der Waals surface area contributed by atoms with Gasteiger partial charge in [-0.2, -0.15) is 10.5 Å². The van der Waals surface area contributed by atoms with Gasteiger partial charge in [0.15, 0.2) is 0 Å². The molecule has 2 aromatic carbocycles. The monoisotopic (exact) mass is 316 g/mol. The number of hydrogen-bond acceptors (Lipinski definition) is 2. The Hall–Kier alpha value is -2.61. The van der Waals surface area contributed by atoms with Crippen molar-refractivity contribution in [2.24, 2.45) is 0 Å². The van der Waals surface area contributed by atoms with Gasteiger partial charge >= 0.3 is 0 Å². The van der Waals surface area contributed by atoms with E-state index in [2.05, 4.69) is 0 Å². The van der Waals surface area contributed by atoms with Gasteiger partial charge in [0.2, 0.25) is 0 Å². The zero-order valence-electron chi connectivity index (χ0n) is 11.3. The van der Waals surface area contributed by atoms with E-state index in [1.165, 1.54) is 12.2 Å². The summed E-state index contributed by atoms with van der Waals surface area (Å²) in [6.45, 7) is 0. The summed E-state index contributed by atoms with van der Waals surface area (Å²) in [5, 5.41) is 16.4. The molecule has 0 aliphatic carbocycles. The van der Waals surface area contributed by atoms with Crippen molar-refractivity contribution in [1.29, 1.82) is 10.5 Å². The SMILES string of the molecule is N#CC=Cc1ccccc1.N#CC=Cc1ccccc1.[Ni]. The van der Waals surface area contributed by atoms with Gasteiger partial charge in [-0.3, -0.25) is 0 Å². The fourth-order valence-corrected chi connectivity index (χ4v) is 1.40. The average Bonchev–Trinajstić information content (AvgIpc) is 2.53. The molecule has 0 heterocycles. The van der Waals surface area contributed by atoms with Crippen molar-refractivity contribution < 1.29 is 16.5 Å². The fraction of sp³-hybridized carbons (Fsp3) is 0. The first kappa shape index (κ1) is 18.4. The molecule has 0 spiro atoms. The van der Waals surface area contributed by atoms with Gasteiger partial charge in [-0.25, -0.2) is 0 Å². The molecule has 106 valence electrons. The first-order valence-corrected chi connectivity index (χ1v) is 6.09. The Balaban J connectivity index is 0.000000364. The van der Waals surface area contributed by atoms with Gasteiger partial charge in [0.05, 0.1) is 12.1 Å². The molecule has 0 aliphatic rings. The molecular formula is C18H14N2Ni. The van der Waals surface area contributed by atoms with E-state index in [4.69, 9.17) is 10.5 Å². The summed E-state index contributed by atoms with van der Waals surface area (Å²) in [5.41, 5.74) is 2.12. The first-order chi connectivity index (χ1) is 9.86. The summed E-state index contributed by atoms with van der Waals surface area (Å²) >= 11 is 0. The van der Waals surface area contributed by atoms with Crippen LogP contribution in [0.1, 0.15) is 11.1 Å². The van der Waals surface area contributed by atoms with Gasteiger partial charge < -0.3 is 0 Å². The van der Waals surface area contributed by atoms with E-state index in [0.717, 1.165) is 11.1 Å². The molecule has 0 bridgehead atoms. The van der Waals surface area contributed by atoms with Crippen LogP contribution < -0.4 is 0 Å². The third-order valence-corrected chi connectivity index (χ3v) is 2.30. The van der Waals surface area contributed by atoms with E-state index in [9.17, 15) is 0 Å². The minimum absolute atomic E-state index is 0. The third-order valence-electron chi connectivity index (χ3n) is 2.30. The van der Waals surface area contributed by atoms with Crippen molar-refractivity contribution in [2.45, 2.75) is 0 Å². The topological polar surface area (TPSA) is 47.6 Å². The van der Waals surface area contributed by atoms with Crippen molar-refractivity contribution in [3.63, 3.8) is 0 Å². The number of rotatable bonds is 2. The van der Waals surface area contributed by atoms with Crippen molar-refractivity contribution >= 4 is 12.2 Å². The Labute approximate surface area is 135 Å². The minimum Gasteiger partial charge on any atom is -0.193 e. The summed E-state index contributed by atoms with van der Waals surface area (Å²) in [6.07, 6.45) is 6.49. The Bertz CT molecular complexity index is 573. The molecule has 0 atom stereocenters. The van der Waals surface area contributed by atoms with Crippen LogP contribution in [0.2, 0.25) is 0 Å². The van der Waals surface area contributed by atoms with Crippen LogP contribution in [-0.4, -0.2) is 0 Å². The molecule has 0 fully saturated rings. The third kappa shape index (κ3) is 9.01. The minimum atomic E-state index is 0. The Kier molecular flexibility index (Phi) is 10.9. The van der Waals surface area contributed by atoms with Gasteiger partial charge in [0.25, 0.3) is 0 Å². The molecule has 0 saturated heterocycles. The van der Waals surface area contributed by atoms with E-state index in [1.54, 1.807) is 12.2 Å². The van der Waals surface area contributed by atoms with E-state index in [-0.39, 0.29) is 16.5 Å². The Morgan fingerprint density at radius 1 is 0.619 bits per heavy atom. The largest absolute Gasteiger partial charge is 0.193 e. The fourth-order valence-electron chi connectivity index (χ4n) is 1.40. The van der Waals surface area contributed by atoms with Crippen LogP contribution in [0.15, 0.2) is 72.8 Å². The molecule has 0 unspecified atom stereocenters. The van der Waals surface area contributed by atoms with Crippen LogP contribution in [0.25, 0.3) is 12.2 Å². The standard InChI is InChI=1S/2C9H7N.Ni/c2*10-8-4-7-9-5-2-1-3-6-9;/h2*1-7H;. The Morgan fingerprint density at radius 2 is 0.952 bits per heavy atom. The smallest absolute Gasteiger partial charge is 0.0912 e. The van der Waals surface area contributed by atoms with Gasteiger partial charge in [-0.1, -0.05) is 60.7 Å². The van der Waals surface area contributed by atoms with Gasteiger partial charge in [0.1, 0.15) is 0 Å². The van der Waals surface area contributed by atoms with E-state index in [0.29, 0.717) is 0 Å². The van der Waals surface area contributed by atoms with E-state index in [1.807, 2.05) is 72.8 Å². The summed E-state index contributed by atoms with van der Waals surface area (Å²) in [5.74, 6) is 0. The summed E-state index contributed by atoms with van der Waals surface area (Å²) in [6, 6.07) is 23.3. The van der Waals surface area contributed by atoms with Gasteiger partial charge in [-0.15, -0.1) is 0 Å². The molecule has 0 saturated carbocycles. The quantitative estimate of drug-likeness (QED) is 0.607. The van der Waals surface area contributed by atoms with Crippen molar-refractivity contribution in [2.75, 3.05) is 0 Å². The molecule has 0 amide bonds. The van der Waals surface area contributed by atoms with Crippen molar-refractivity contribution in [3.8, 4) is 12.1 Å². The van der Waals surface area contributed by atoms with Crippen molar-refractivity contribution in [3.05, 3.63) is 83.9 Å².